The monoisotopic (exact) mass is 533 g/mol. The SMILES string of the molecule is Cc1cc2nc(-c3ccc4nn(C)c(C)c4c3)sc2c(-c2ccc(Cl)cc2)c1C(OC(C)(C)C)C(=O)O. The fourth-order valence-electron chi connectivity index (χ4n) is 4.62. The van der Waals surface area contributed by atoms with E-state index in [1.807, 2.05) is 88.8 Å². The number of halogens is 1. The Bertz CT molecular complexity index is 1660. The lowest BCUT2D eigenvalue weighted by atomic mass is 9.91. The Kier molecular flexibility index (Phi) is 6.34. The molecule has 6 nitrogen and oxygen atoms in total. The first-order valence-corrected chi connectivity index (χ1v) is 13.2. The van der Waals surface area contributed by atoms with E-state index in [9.17, 15) is 9.90 Å². The number of fused-ring (bicyclic) bond motifs is 2. The number of thiazole rings is 1. The van der Waals surface area contributed by atoms with E-state index in [0.717, 1.165) is 54.1 Å². The van der Waals surface area contributed by atoms with Gasteiger partial charge in [0, 0.05) is 39.8 Å². The van der Waals surface area contributed by atoms with Gasteiger partial charge in [-0.2, -0.15) is 5.10 Å². The third kappa shape index (κ3) is 4.75. The molecular formula is C29H28ClN3O3S. The second-order valence-electron chi connectivity index (χ2n) is 10.2. The van der Waals surface area contributed by atoms with Crippen molar-refractivity contribution in [2.24, 2.45) is 7.05 Å². The first kappa shape index (κ1) is 25.4. The van der Waals surface area contributed by atoms with Crippen molar-refractivity contribution in [2.45, 2.75) is 46.3 Å². The zero-order chi connectivity index (χ0) is 26.6. The predicted molar refractivity (Wildman–Crippen MR) is 150 cm³/mol. The number of aliphatic carboxylic acids is 1. The molecular weight excluding hydrogens is 506 g/mol. The fraction of sp³-hybridized carbons (Fsp3) is 0.276. The van der Waals surface area contributed by atoms with Crippen LogP contribution in [0.2, 0.25) is 5.02 Å². The minimum absolute atomic E-state index is 0.611. The first-order valence-electron chi connectivity index (χ1n) is 12.0. The molecule has 8 heteroatoms. The number of carboxylic acid groups (broad SMARTS) is 1. The summed E-state index contributed by atoms with van der Waals surface area (Å²) in [6.07, 6.45) is -1.14. The van der Waals surface area contributed by atoms with Gasteiger partial charge in [0.1, 0.15) is 5.01 Å². The van der Waals surface area contributed by atoms with E-state index >= 15 is 0 Å². The molecule has 1 unspecified atom stereocenters. The lowest BCUT2D eigenvalue weighted by Gasteiger charge is -2.28. The number of carbonyl (C=O) groups is 1. The molecule has 3 aromatic carbocycles. The van der Waals surface area contributed by atoms with Gasteiger partial charge in [-0.1, -0.05) is 23.7 Å². The second kappa shape index (κ2) is 9.24. The van der Waals surface area contributed by atoms with Gasteiger partial charge in [0.2, 0.25) is 0 Å². The highest BCUT2D eigenvalue weighted by molar-refractivity contribution is 7.22. The number of rotatable bonds is 5. The molecule has 5 aromatic rings. The molecule has 2 heterocycles. The van der Waals surface area contributed by atoms with E-state index in [2.05, 4.69) is 11.2 Å². The number of aromatic nitrogens is 3. The number of aryl methyl sites for hydroxylation is 3. The maximum atomic E-state index is 12.5. The molecule has 1 atom stereocenters. The molecule has 0 saturated carbocycles. The minimum atomic E-state index is -1.14. The van der Waals surface area contributed by atoms with Crippen LogP contribution in [-0.2, 0) is 16.6 Å². The van der Waals surface area contributed by atoms with Crippen LogP contribution in [0.15, 0.2) is 48.5 Å². The summed E-state index contributed by atoms with van der Waals surface area (Å²) in [6, 6.07) is 15.6. The molecule has 0 aliphatic rings. The van der Waals surface area contributed by atoms with Gasteiger partial charge in [-0.3, -0.25) is 4.68 Å². The maximum Gasteiger partial charge on any atom is 0.337 e. The summed E-state index contributed by atoms with van der Waals surface area (Å²) in [7, 11) is 1.94. The van der Waals surface area contributed by atoms with Gasteiger partial charge in [-0.25, -0.2) is 9.78 Å². The Morgan fingerprint density at radius 2 is 1.73 bits per heavy atom. The van der Waals surface area contributed by atoms with Crippen molar-refractivity contribution in [3.05, 3.63) is 70.4 Å². The molecule has 2 aromatic heterocycles. The molecule has 0 saturated heterocycles. The van der Waals surface area contributed by atoms with Crippen molar-refractivity contribution < 1.29 is 14.6 Å². The number of nitrogens with zero attached hydrogens (tertiary/aromatic N) is 3. The fourth-order valence-corrected chi connectivity index (χ4v) is 5.87. The van der Waals surface area contributed by atoms with E-state index in [1.54, 1.807) is 11.3 Å². The zero-order valence-corrected chi connectivity index (χ0v) is 23.2. The molecule has 0 amide bonds. The summed E-state index contributed by atoms with van der Waals surface area (Å²) in [5.74, 6) is -1.03. The highest BCUT2D eigenvalue weighted by atomic mass is 35.5. The molecule has 1 N–H and O–H groups in total. The summed E-state index contributed by atoms with van der Waals surface area (Å²) >= 11 is 7.75. The summed E-state index contributed by atoms with van der Waals surface area (Å²) in [4.78, 5) is 17.5. The number of carboxylic acids is 1. The quantitative estimate of drug-likeness (QED) is 0.250. The molecule has 0 spiro atoms. The van der Waals surface area contributed by atoms with Gasteiger partial charge in [0.15, 0.2) is 6.10 Å². The number of ether oxygens (including phenoxy) is 1. The van der Waals surface area contributed by atoms with Crippen LogP contribution >= 0.6 is 22.9 Å². The van der Waals surface area contributed by atoms with E-state index in [1.165, 1.54) is 0 Å². The highest BCUT2D eigenvalue weighted by Gasteiger charge is 2.32. The second-order valence-corrected chi connectivity index (χ2v) is 11.7. The third-order valence-electron chi connectivity index (χ3n) is 6.40. The number of hydrogen-bond donors (Lipinski definition) is 1. The third-order valence-corrected chi connectivity index (χ3v) is 7.78. The van der Waals surface area contributed by atoms with E-state index < -0.39 is 17.7 Å². The lowest BCUT2D eigenvalue weighted by molar-refractivity contribution is -0.160. The van der Waals surface area contributed by atoms with Crippen LogP contribution in [0.25, 0.3) is 42.8 Å². The molecule has 0 aliphatic carbocycles. The van der Waals surface area contributed by atoms with Crippen LogP contribution in [0.5, 0.6) is 0 Å². The van der Waals surface area contributed by atoms with E-state index in [-0.39, 0.29) is 0 Å². The Morgan fingerprint density at radius 1 is 1.05 bits per heavy atom. The van der Waals surface area contributed by atoms with Gasteiger partial charge in [-0.05, 0) is 82.1 Å². The van der Waals surface area contributed by atoms with Crippen molar-refractivity contribution in [2.75, 3.05) is 0 Å². The van der Waals surface area contributed by atoms with Gasteiger partial charge in [0.25, 0.3) is 0 Å². The Labute approximate surface area is 224 Å². The molecule has 5 rings (SSSR count). The van der Waals surface area contributed by atoms with Crippen molar-refractivity contribution in [1.29, 1.82) is 0 Å². The van der Waals surface area contributed by atoms with Crippen LogP contribution < -0.4 is 0 Å². The molecule has 0 bridgehead atoms. The van der Waals surface area contributed by atoms with Crippen LogP contribution in [0.1, 0.15) is 43.7 Å². The number of benzene rings is 3. The van der Waals surface area contributed by atoms with E-state index in [4.69, 9.17) is 21.3 Å². The Hall–Kier alpha value is -3.26. The van der Waals surface area contributed by atoms with Crippen LogP contribution in [0.4, 0.5) is 0 Å². The van der Waals surface area contributed by atoms with Crippen molar-refractivity contribution in [3.63, 3.8) is 0 Å². The normalized spacial score (nSPS) is 12.9. The zero-order valence-electron chi connectivity index (χ0n) is 21.6. The Morgan fingerprint density at radius 3 is 2.38 bits per heavy atom. The van der Waals surface area contributed by atoms with Crippen molar-refractivity contribution in [3.8, 4) is 21.7 Å². The number of hydrogen-bond acceptors (Lipinski definition) is 5. The van der Waals surface area contributed by atoms with E-state index in [0.29, 0.717) is 10.6 Å². The average Bonchev–Trinajstić information content (AvgIpc) is 3.37. The molecule has 190 valence electrons. The highest BCUT2D eigenvalue weighted by Crippen LogP contribution is 2.44. The predicted octanol–water partition coefficient (Wildman–Crippen LogP) is 7.73. The molecule has 0 radical (unpaired) electrons. The smallest absolute Gasteiger partial charge is 0.337 e. The van der Waals surface area contributed by atoms with Crippen LogP contribution in [-0.4, -0.2) is 31.4 Å². The molecule has 0 fully saturated rings. The van der Waals surface area contributed by atoms with Gasteiger partial charge < -0.3 is 9.84 Å². The largest absolute Gasteiger partial charge is 0.479 e. The topological polar surface area (TPSA) is 77.2 Å². The average molecular weight is 534 g/mol. The summed E-state index contributed by atoms with van der Waals surface area (Å²) in [5, 5.41) is 17.4. The summed E-state index contributed by atoms with van der Waals surface area (Å²) < 4.78 is 8.89. The van der Waals surface area contributed by atoms with Crippen LogP contribution in [0.3, 0.4) is 0 Å². The van der Waals surface area contributed by atoms with Crippen molar-refractivity contribution >= 4 is 50.0 Å². The molecule has 37 heavy (non-hydrogen) atoms. The maximum absolute atomic E-state index is 12.5. The summed E-state index contributed by atoms with van der Waals surface area (Å²) in [6.45, 7) is 9.55. The minimum Gasteiger partial charge on any atom is -0.479 e. The lowest BCUT2D eigenvalue weighted by Crippen LogP contribution is -2.28. The standard InChI is InChI=1S/C29H28ClN3O3S/c1-15-13-22-26(37-27(31-22)18-9-12-21-20(14-18)16(2)33(6)32-21)24(17-7-10-19(30)11-8-17)23(15)25(28(34)35)36-29(3,4)5/h7-14,25H,1-6H3,(H,34,35). The molecule has 0 aliphatic heterocycles. The van der Waals surface area contributed by atoms with Crippen LogP contribution in [0, 0.1) is 13.8 Å². The van der Waals surface area contributed by atoms with Crippen molar-refractivity contribution in [1.82, 2.24) is 14.8 Å². The van der Waals surface area contributed by atoms with Gasteiger partial charge >= 0.3 is 5.97 Å². The Balaban J connectivity index is 1.78. The summed E-state index contributed by atoms with van der Waals surface area (Å²) in [5.41, 5.74) is 6.29. The first-order chi connectivity index (χ1) is 17.4. The van der Waals surface area contributed by atoms with Gasteiger partial charge in [-0.15, -0.1) is 11.3 Å². The van der Waals surface area contributed by atoms with Gasteiger partial charge in [0.05, 0.1) is 21.3 Å².